The van der Waals surface area contributed by atoms with Crippen LogP contribution in [0, 0.1) is 11.3 Å². The Balaban J connectivity index is 1.65. The van der Waals surface area contributed by atoms with E-state index in [-0.39, 0.29) is 0 Å². The number of benzene rings is 2. The van der Waals surface area contributed by atoms with Crippen molar-refractivity contribution in [1.29, 1.82) is 5.26 Å². The minimum Gasteiger partial charge on any atom is -0.493 e. The molecule has 2 rings (SSSR count). The SMILES string of the molecule is N#CCc1ccc(OCCSCc2ccc(Cl)cc2)cc1. The second-order valence-corrected chi connectivity index (χ2v) is 6.05. The Kier molecular flexibility index (Phi) is 6.46. The molecule has 4 heteroatoms. The smallest absolute Gasteiger partial charge is 0.119 e. The molecule has 0 saturated carbocycles. The molecule has 0 spiro atoms. The Morgan fingerprint density at radius 1 is 1.00 bits per heavy atom. The van der Waals surface area contributed by atoms with Crippen molar-refractivity contribution in [2.45, 2.75) is 12.2 Å². The van der Waals surface area contributed by atoms with Crippen LogP contribution >= 0.6 is 23.4 Å². The molecule has 21 heavy (non-hydrogen) atoms. The number of nitrogens with zero attached hydrogens (tertiary/aromatic N) is 1. The molecule has 0 atom stereocenters. The fraction of sp³-hybridized carbons (Fsp3) is 0.235. The van der Waals surface area contributed by atoms with Crippen LogP contribution in [0.1, 0.15) is 11.1 Å². The summed E-state index contributed by atoms with van der Waals surface area (Å²) < 4.78 is 5.67. The molecule has 0 radical (unpaired) electrons. The number of hydrogen-bond donors (Lipinski definition) is 0. The molecule has 0 aliphatic rings. The highest BCUT2D eigenvalue weighted by Gasteiger charge is 1.97. The van der Waals surface area contributed by atoms with Crippen molar-refractivity contribution >= 4 is 23.4 Å². The summed E-state index contributed by atoms with van der Waals surface area (Å²) in [6.45, 7) is 0.676. The monoisotopic (exact) mass is 317 g/mol. The van der Waals surface area contributed by atoms with Gasteiger partial charge in [-0.2, -0.15) is 17.0 Å². The van der Waals surface area contributed by atoms with Crippen LogP contribution in [0.3, 0.4) is 0 Å². The van der Waals surface area contributed by atoms with Gasteiger partial charge in [0.1, 0.15) is 5.75 Å². The molecule has 0 fully saturated rings. The van der Waals surface area contributed by atoms with Crippen molar-refractivity contribution in [1.82, 2.24) is 0 Å². The molecule has 2 aromatic carbocycles. The minimum atomic E-state index is 0.442. The average Bonchev–Trinajstić information content (AvgIpc) is 2.51. The minimum absolute atomic E-state index is 0.442. The van der Waals surface area contributed by atoms with E-state index in [9.17, 15) is 0 Å². The first-order valence-electron chi connectivity index (χ1n) is 6.69. The van der Waals surface area contributed by atoms with Gasteiger partial charge in [-0.15, -0.1) is 0 Å². The van der Waals surface area contributed by atoms with Gasteiger partial charge in [0.15, 0.2) is 0 Å². The van der Waals surface area contributed by atoms with Gasteiger partial charge in [-0.25, -0.2) is 0 Å². The Morgan fingerprint density at radius 2 is 1.67 bits per heavy atom. The van der Waals surface area contributed by atoms with E-state index < -0.39 is 0 Å². The van der Waals surface area contributed by atoms with Crippen LogP contribution in [-0.2, 0) is 12.2 Å². The second-order valence-electron chi connectivity index (χ2n) is 4.51. The maximum absolute atomic E-state index is 8.61. The van der Waals surface area contributed by atoms with Gasteiger partial charge < -0.3 is 4.74 Å². The van der Waals surface area contributed by atoms with Gasteiger partial charge in [-0.3, -0.25) is 0 Å². The van der Waals surface area contributed by atoms with Gasteiger partial charge in [0.2, 0.25) is 0 Å². The number of halogens is 1. The summed E-state index contributed by atoms with van der Waals surface area (Å²) in [6, 6.07) is 17.7. The topological polar surface area (TPSA) is 33.0 Å². The van der Waals surface area contributed by atoms with E-state index in [1.54, 1.807) is 0 Å². The molecule has 0 unspecified atom stereocenters. The zero-order valence-electron chi connectivity index (χ0n) is 11.6. The van der Waals surface area contributed by atoms with Gasteiger partial charge in [0.05, 0.1) is 19.1 Å². The molecular weight excluding hydrogens is 302 g/mol. The van der Waals surface area contributed by atoms with Crippen molar-refractivity contribution < 1.29 is 4.74 Å². The molecule has 2 nitrogen and oxygen atoms in total. The van der Waals surface area contributed by atoms with Crippen LogP contribution in [-0.4, -0.2) is 12.4 Å². The van der Waals surface area contributed by atoms with Crippen LogP contribution in [0.4, 0.5) is 0 Å². The number of thioether (sulfide) groups is 1. The third kappa shape index (κ3) is 5.71. The van der Waals surface area contributed by atoms with E-state index in [1.165, 1.54) is 5.56 Å². The predicted octanol–water partition coefficient (Wildman–Crippen LogP) is 4.72. The number of ether oxygens (including phenoxy) is 1. The molecule has 0 aliphatic carbocycles. The Morgan fingerprint density at radius 3 is 2.33 bits per heavy atom. The van der Waals surface area contributed by atoms with E-state index in [1.807, 2.05) is 60.3 Å². The molecule has 0 saturated heterocycles. The fourth-order valence-corrected chi connectivity index (χ4v) is 2.68. The second kappa shape index (κ2) is 8.61. The lowest BCUT2D eigenvalue weighted by Gasteiger charge is -2.06. The van der Waals surface area contributed by atoms with Gasteiger partial charge >= 0.3 is 0 Å². The third-order valence-corrected chi connectivity index (χ3v) is 4.13. The lowest BCUT2D eigenvalue weighted by molar-refractivity contribution is 0.344. The summed E-state index contributed by atoms with van der Waals surface area (Å²) in [5.74, 6) is 2.74. The first kappa shape index (κ1) is 15.8. The molecule has 0 amide bonds. The molecular formula is C17H16ClNOS. The molecule has 2 aromatic rings. The van der Waals surface area contributed by atoms with E-state index in [0.29, 0.717) is 13.0 Å². The van der Waals surface area contributed by atoms with Crippen molar-refractivity contribution in [2.75, 3.05) is 12.4 Å². The van der Waals surface area contributed by atoms with Crippen LogP contribution in [0.5, 0.6) is 5.75 Å². The van der Waals surface area contributed by atoms with Crippen molar-refractivity contribution in [3.05, 3.63) is 64.7 Å². The molecule has 0 aliphatic heterocycles. The van der Waals surface area contributed by atoms with Crippen molar-refractivity contribution in [2.24, 2.45) is 0 Å². The highest BCUT2D eigenvalue weighted by Crippen LogP contribution is 2.16. The number of hydrogen-bond acceptors (Lipinski definition) is 3. The largest absolute Gasteiger partial charge is 0.493 e. The molecule has 0 heterocycles. The Labute approximate surface area is 134 Å². The summed E-state index contributed by atoms with van der Waals surface area (Å²) in [6.07, 6.45) is 0.442. The van der Waals surface area contributed by atoms with Crippen LogP contribution < -0.4 is 4.74 Å². The quantitative estimate of drug-likeness (QED) is 0.693. The summed E-state index contributed by atoms with van der Waals surface area (Å²) in [7, 11) is 0. The Hall–Kier alpha value is -1.63. The Bertz CT molecular complexity index is 590. The zero-order valence-corrected chi connectivity index (χ0v) is 13.2. The highest BCUT2D eigenvalue weighted by molar-refractivity contribution is 7.98. The maximum atomic E-state index is 8.61. The van der Waals surface area contributed by atoms with E-state index >= 15 is 0 Å². The summed E-state index contributed by atoms with van der Waals surface area (Å²) >= 11 is 7.68. The summed E-state index contributed by atoms with van der Waals surface area (Å²) in [5, 5.41) is 9.38. The zero-order chi connectivity index (χ0) is 14.9. The normalized spacial score (nSPS) is 10.1. The lowest BCUT2D eigenvalue weighted by atomic mass is 10.2. The third-order valence-electron chi connectivity index (χ3n) is 2.88. The fourth-order valence-electron chi connectivity index (χ4n) is 1.78. The standard InChI is InChI=1S/C17H16ClNOS/c18-16-5-1-15(2-6-16)13-21-12-11-20-17-7-3-14(4-8-17)9-10-19/h1-8H,9,11-13H2. The van der Waals surface area contributed by atoms with Crippen molar-refractivity contribution in [3.8, 4) is 11.8 Å². The van der Waals surface area contributed by atoms with Gasteiger partial charge in [0.25, 0.3) is 0 Å². The lowest BCUT2D eigenvalue weighted by Crippen LogP contribution is -2.00. The summed E-state index contributed by atoms with van der Waals surface area (Å²) in [5.41, 5.74) is 2.28. The van der Waals surface area contributed by atoms with Crippen LogP contribution in [0.15, 0.2) is 48.5 Å². The summed E-state index contributed by atoms with van der Waals surface area (Å²) in [4.78, 5) is 0. The van der Waals surface area contributed by atoms with Crippen molar-refractivity contribution in [3.63, 3.8) is 0 Å². The van der Waals surface area contributed by atoms with E-state index in [0.717, 1.165) is 27.8 Å². The first-order valence-corrected chi connectivity index (χ1v) is 8.22. The number of nitriles is 1. The van der Waals surface area contributed by atoms with Gasteiger partial charge in [0, 0.05) is 16.5 Å². The maximum Gasteiger partial charge on any atom is 0.119 e. The molecule has 0 aromatic heterocycles. The van der Waals surface area contributed by atoms with Gasteiger partial charge in [-0.1, -0.05) is 35.9 Å². The van der Waals surface area contributed by atoms with Crippen LogP contribution in [0.25, 0.3) is 0 Å². The highest BCUT2D eigenvalue weighted by atomic mass is 35.5. The number of rotatable bonds is 7. The average molecular weight is 318 g/mol. The molecule has 0 N–H and O–H groups in total. The van der Waals surface area contributed by atoms with Gasteiger partial charge in [-0.05, 0) is 35.4 Å². The first-order chi connectivity index (χ1) is 10.3. The van der Waals surface area contributed by atoms with E-state index in [2.05, 4.69) is 6.07 Å². The van der Waals surface area contributed by atoms with E-state index in [4.69, 9.17) is 21.6 Å². The molecule has 108 valence electrons. The molecule has 0 bridgehead atoms. The predicted molar refractivity (Wildman–Crippen MR) is 88.9 cm³/mol. The van der Waals surface area contributed by atoms with Crippen LogP contribution in [0.2, 0.25) is 5.02 Å².